The van der Waals surface area contributed by atoms with Gasteiger partial charge in [0.1, 0.15) is 18.6 Å². The number of para-hydroxylation sites is 2. The molecule has 5 aromatic rings. The number of benzene rings is 3. The van der Waals surface area contributed by atoms with Crippen LogP contribution in [-0.4, -0.2) is 97.8 Å². The fourth-order valence-corrected chi connectivity index (χ4v) is 6.58. The molecule has 1 atom stereocenters. The third kappa shape index (κ3) is 8.06. The lowest BCUT2D eigenvalue weighted by atomic mass is 9.90. The SMILES string of the molecule is COc1ccc(-n2cnnn2)cc1C(=O)N(C)CC(CCN1CCC(C(=O)c2nc3ccccc3n2CC(F)(F)F)CC1)c1ccc(F)c(F)c1. The lowest BCUT2D eigenvalue weighted by Crippen LogP contribution is -2.39. The van der Waals surface area contributed by atoms with Gasteiger partial charge >= 0.3 is 6.18 Å². The van der Waals surface area contributed by atoms with Crippen LogP contribution in [0.25, 0.3) is 16.7 Å². The first-order valence-corrected chi connectivity index (χ1v) is 16.3. The molecule has 11 nitrogen and oxygen atoms in total. The van der Waals surface area contributed by atoms with Crippen molar-refractivity contribution in [3.05, 3.63) is 95.6 Å². The molecule has 0 saturated carbocycles. The summed E-state index contributed by atoms with van der Waals surface area (Å²) in [6.45, 7) is 0.351. The Morgan fingerprint density at radius 2 is 1.78 bits per heavy atom. The van der Waals surface area contributed by atoms with Gasteiger partial charge in [-0.3, -0.25) is 9.59 Å². The van der Waals surface area contributed by atoms with Crippen LogP contribution in [-0.2, 0) is 6.54 Å². The second kappa shape index (κ2) is 14.9. The monoisotopic (exact) mass is 710 g/mol. The number of nitrogens with zero attached hydrogens (tertiary/aromatic N) is 8. The minimum Gasteiger partial charge on any atom is -0.496 e. The molecule has 268 valence electrons. The molecule has 0 aliphatic carbocycles. The van der Waals surface area contributed by atoms with Gasteiger partial charge in [-0.05, 0) is 97.4 Å². The van der Waals surface area contributed by atoms with Gasteiger partial charge < -0.3 is 19.1 Å². The Morgan fingerprint density at radius 3 is 2.47 bits per heavy atom. The second-order valence-corrected chi connectivity index (χ2v) is 12.6. The number of amides is 1. The average molecular weight is 711 g/mol. The summed E-state index contributed by atoms with van der Waals surface area (Å²) in [7, 11) is 3.06. The number of rotatable bonds is 12. The van der Waals surface area contributed by atoms with Crippen molar-refractivity contribution in [2.75, 3.05) is 40.3 Å². The number of hydrogen-bond acceptors (Lipinski definition) is 8. The second-order valence-electron chi connectivity index (χ2n) is 12.6. The summed E-state index contributed by atoms with van der Waals surface area (Å²) in [4.78, 5) is 35.2. The van der Waals surface area contributed by atoms with E-state index in [-0.39, 0.29) is 29.4 Å². The van der Waals surface area contributed by atoms with Crippen LogP contribution in [0.3, 0.4) is 0 Å². The largest absolute Gasteiger partial charge is 0.496 e. The van der Waals surface area contributed by atoms with E-state index in [1.54, 1.807) is 43.4 Å². The lowest BCUT2D eigenvalue weighted by Gasteiger charge is -2.33. The highest BCUT2D eigenvalue weighted by molar-refractivity contribution is 5.98. The van der Waals surface area contributed by atoms with E-state index in [4.69, 9.17) is 4.74 Å². The van der Waals surface area contributed by atoms with Crippen LogP contribution >= 0.6 is 0 Å². The first-order chi connectivity index (χ1) is 24.4. The lowest BCUT2D eigenvalue weighted by molar-refractivity contribution is -0.140. The van der Waals surface area contributed by atoms with E-state index in [1.807, 2.05) is 0 Å². The third-order valence-electron chi connectivity index (χ3n) is 9.25. The summed E-state index contributed by atoms with van der Waals surface area (Å²) in [5.41, 5.74) is 1.88. The first-order valence-electron chi connectivity index (χ1n) is 16.3. The Morgan fingerprint density at radius 1 is 1.02 bits per heavy atom. The highest BCUT2D eigenvalue weighted by atomic mass is 19.4. The molecule has 0 N–H and O–H groups in total. The van der Waals surface area contributed by atoms with Gasteiger partial charge in [0, 0.05) is 25.4 Å². The number of likely N-dealkylation sites (tertiary alicyclic amines) is 1. The fraction of sp³-hybridized carbons (Fsp3) is 0.371. The van der Waals surface area contributed by atoms with Crippen molar-refractivity contribution in [2.45, 2.75) is 37.9 Å². The zero-order chi connectivity index (χ0) is 36.3. The number of imidazole rings is 1. The van der Waals surface area contributed by atoms with Crippen LogP contribution in [0.15, 0.2) is 67.0 Å². The first kappa shape index (κ1) is 35.6. The van der Waals surface area contributed by atoms with Crippen molar-refractivity contribution in [3.63, 3.8) is 0 Å². The predicted molar refractivity (Wildman–Crippen MR) is 176 cm³/mol. The van der Waals surface area contributed by atoms with E-state index in [0.29, 0.717) is 61.4 Å². The van der Waals surface area contributed by atoms with Gasteiger partial charge in [0.25, 0.3) is 5.91 Å². The normalized spacial score (nSPS) is 14.9. The van der Waals surface area contributed by atoms with Crippen molar-refractivity contribution < 1.29 is 36.3 Å². The molecular weight excluding hydrogens is 675 g/mol. The molecule has 2 aromatic heterocycles. The van der Waals surface area contributed by atoms with Crippen LogP contribution in [0.2, 0.25) is 0 Å². The number of halogens is 5. The van der Waals surface area contributed by atoms with Crippen molar-refractivity contribution in [1.82, 2.24) is 39.6 Å². The third-order valence-corrected chi connectivity index (χ3v) is 9.25. The maximum Gasteiger partial charge on any atom is 0.406 e. The Bertz CT molecular complexity index is 2010. The smallest absolute Gasteiger partial charge is 0.406 e. The molecule has 51 heavy (non-hydrogen) atoms. The van der Waals surface area contributed by atoms with Gasteiger partial charge in [0.2, 0.25) is 5.78 Å². The summed E-state index contributed by atoms with van der Waals surface area (Å²) in [6.07, 6.45) is -1.84. The topological polar surface area (TPSA) is 111 Å². The Kier molecular flexibility index (Phi) is 10.4. The fourth-order valence-electron chi connectivity index (χ4n) is 6.58. The zero-order valence-electron chi connectivity index (χ0n) is 27.9. The predicted octanol–water partition coefficient (Wildman–Crippen LogP) is 5.70. The van der Waals surface area contributed by atoms with Gasteiger partial charge in [-0.1, -0.05) is 18.2 Å². The molecule has 0 radical (unpaired) electrons. The van der Waals surface area contributed by atoms with E-state index in [2.05, 4.69) is 25.4 Å². The number of alkyl halides is 3. The van der Waals surface area contributed by atoms with Crippen LogP contribution in [0.4, 0.5) is 22.0 Å². The number of tetrazole rings is 1. The van der Waals surface area contributed by atoms with Crippen molar-refractivity contribution in [2.24, 2.45) is 5.92 Å². The van der Waals surface area contributed by atoms with E-state index in [0.717, 1.165) is 16.7 Å². The number of likely N-dealkylation sites (N-methyl/N-ethyl adjacent to an activating group) is 1. The van der Waals surface area contributed by atoms with Crippen LogP contribution < -0.4 is 4.74 Å². The number of carbonyl (C=O) groups is 2. The molecule has 0 spiro atoms. The number of aromatic nitrogens is 6. The highest BCUT2D eigenvalue weighted by Gasteiger charge is 2.35. The number of Topliss-reactive ketones (excluding diaryl/α,β-unsaturated/α-hetero) is 1. The minimum atomic E-state index is -4.53. The molecule has 1 unspecified atom stereocenters. The van der Waals surface area contributed by atoms with Gasteiger partial charge in [0.05, 0.1) is 29.4 Å². The maximum absolute atomic E-state index is 14.4. The van der Waals surface area contributed by atoms with Crippen molar-refractivity contribution in [1.29, 1.82) is 0 Å². The highest BCUT2D eigenvalue weighted by Crippen LogP contribution is 2.30. The van der Waals surface area contributed by atoms with Crippen molar-refractivity contribution >= 4 is 22.7 Å². The zero-order valence-corrected chi connectivity index (χ0v) is 27.9. The van der Waals surface area contributed by atoms with Gasteiger partial charge in [-0.25, -0.2) is 18.4 Å². The number of fused-ring (bicyclic) bond motifs is 1. The molecule has 1 aliphatic rings. The molecule has 3 aromatic carbocycles. The molecule has 6 rings (SSSR count). The van der Waals surface area contributed by atoms with Crippen molar-refractivity contribution in [3.8, 4) is 11.4 Å². The Labute approximate surface area is 289 Å². The minimum absolute atomic E-state index is 0.159. The summed E-state index contributed by atoms with van der Waals surface area (Å²) >= 11 is 0. The number of methoxy groups -OCH3 is 1. The van der Waals surface area contributed by atoms with Crippen LogP contribution in [0.5, 0.6) is 5.75 Å². The molecule has 16 heteroatoms. The average Bonchev–Trinajstić information content (AvgIpc) is 3.79. The summed E-state index contributed by atoms with van der Waals surface area (Å²) < 4.78 is 76.5. The Hall–Kier alpha value is -5.25. The molecular formula is C35H35F5N8O3. The number of ether oxygens (including phenoxy) is 1. The number of hydrogen-bond donors (Lipinski definition) is 0. The molecule has 1 aliphatic heterocycles. The standard InChI is InChI=1S/C35H35F5N8O3/c1-45(34(50)26-18-25(8-10-31(26)51-2)48-21-41-43-44-48)19-24(23-7-9-27(36)28(37)17-23)13-16-46-14-11-22(12-15-46)32(49)33-42-29-5-3-4-6-30(29)47(33)20-35(38,39)40/h3-10,17-18,21-22,24H,11-16,19-20H2,1-2H3. The molecule has 3 heterocycles. The molecule has 1 saturated heterocycles. The molecule has 1 amide bonds. The quantitative estimate of drug-likeness (QED) is 0.120. The van der Waals surface area contributed by atoms with E-state index in [1.165, 1.54) is 35.2 Å². The van der Waals surface area contributed by atoms with Crippen LogP contribution in [0.1, 0.15) is 51.7 Å². The van der Waals surface area contributed by atoms with E-state index < -0.39 is 42.0 Å². The van der Waals surface area contributed by atoms with Gasteiger partial charge in [-0.2, -0.15) is 13.2 Å². The summed E-state index contributed by atoms with van der Waals surface area (Å²) in [6, 6.07) is 15.0. The van der Waals surface area contributed by atoms with Crippen LogP contribution in [0, 0.1) is 17.6 Å². The van der Waals surface area contributed by atoms with E-state index in [9.17, 15) is 31.5 Å². The molecule has 1 fully saturated rings. The van der Waals surface area contributed by atoms with E-state index >= 15 is 0 Å². The maximum atomic E-state index is 14.4. The summed E-state index contributed by atoms with van der Waals surface area (Å²) in [5.74, 6) is -3.55. The Balaban J connectivity index is 1.14. The van der Waals surface area contributed by atoms with Gasteiger partial charge in [-0.15, -0.1) is 5.10 Å². The van der Waals surface area contributed by atoms with Gasteiger partial charge in [0.15, 0.2) is 17.5 Å². The molecule has 0 bridgehead atoms. The number of ketones is 1. The number of piperidine rings is 1. The summed E-state index contributed by atoms with van der Waals surface area (Å²) in [5, 5.41) is 11.1. The number of carbonyl (C=O) groups excluding carboxylic acids is 2.